The topological polar surface area (TPSA) is 197 Å². The maximum atomic E-state index is 14.1. The highest BCUT2D eigenvalue weighted by Gasteiger charge is 2.95. The number of fused-ring (bicyclic) bond motifs is 7. The van der Waals surface area contributed by atoms with E-state index in [1.54, 1.807) is 26.8 Å². The van der Waals surface area contributed by atoms with Gasteiger partial charge in [-0.25, -0.2) is 4.79 Å². The van der Waals surface area contributed by atoms with E-state index >= 15 is 0 Å². The Morgan fingerprint density at radius 2 is 1.80 bits per heavy atom. The summed E-state index contributed by atoms with van der Waals surface area (Å²) < 4.78 is 42.8. The van der Waals surface area contributed by atoms with Crippen LogP contribution in [0.5, 0.6) is 0 Å². The summed E-state index contributed by atoms with van der Waals surface area (Å²) in [6.07, 6.45) is -3.81. The molecule has 2 bridgehead atoms. The average molecular weight is 689 g/mol. The van der Waals surface area contributed by atoms with Gasteiger partial charge >= 0.3 is 17.9 Å². The van der Waals surface area contributed by atoms with Gasteiger partial charge in [0, 0.05) is 53.9 Å². The lowest BCUT2D eigenvalue weighted by molar-refractivity contribution is -0.316. The molecule has 0 aromatic heterocycles. The molecule has 8 unspecified atom stereocenters. The number of rotatable bonds is 5. The third-order valence-electron chi connectivity index (χ3n) is 14.3. The number of hydrogen-bond donors (Lipinski definition) is 3. The standard InChI is InChI=1S/C35H44O14/c1-7-15(2)27(40)47-19-13-20(46-16(3)36)33(28(41)43-6)14-45-23-25(33)32(19)9-8-17(37)22(38)24(32)30(4,26(23)39)35-21-12-18(31(35,5)49-35)34(42)10-11-44-29(34)48-21/h7,10-11,18-26,29,38-39,42H,8-9,12-14H2,1-6H3/b15-7+/t18?,19-,20+,21+,22?,23+,24?,25?,26+,29-,30-,31?,32?,33-,34?,35?/m0/s1. The minimum atomic E-state index is -1.69. The van der Waals surface area contributed by atoms with Gasteiger partial charge in [-0.15, -0.1) is 0 Å². The van der Waals surface area contributed by atoms with Gasteiger partial charge in [0.1, 0.15) is 34.9 Å². The number of Topliss-reactive ketones (excluding diaryl/α,β-unsaturated/α-hetero) is 1. The Morgan fingerprint density at radius 1 is 1.06 bits per heavy atom. The summed E-state index contributed by atoms with van der Waals surface area (Å²) in [6, 6.07) is 0. The fourth-order valence-corrected chi connectivity index (χ4v) is 12.3. The van der Waals surface area contributed by atoms with Crippen LogP contribution in [-0.4, -0.2) is 112 Å². The summed E-state index contributed by atoms with van der Waals surface area (Å²) in [6.45, 7) is 7.75. The molecule has 49 heavy (non-hydrogen) atoms. The first-order valence-electron chi connectivity index (χ1n) is 17.1. The second-order valence-corrected chi connectivity index (χ2v) is 15.7. The number of aliphatic hydroxyl groups excluding tert-OH is 2. The van der Waals surface area contributed by atoms with Gasteiger partial charge in [0.2, 0.25) is 6.29 Å². The Bertz CT molecular complexity index is 1590. The molecule has 3 saturated heterocycles. The van der Waals surface area contributed by atoms with Gasteiger partial charge in [0.15, 0.2) is 11.4 Å². The van der Waals surface area contributed by atoms with E-state index in [0.717, 1.165) is 0 Å². The van der Waals surface area contributed by atoms with Crippen molar-refractivity contribution in [1.29, 1.82) is 0 Å². The van der Waals surface area contributed by atoms with Gasteiger partial charge in [-0.1, -0.05) is 13.0 Å². The zero-order valence-electron chi connectivity index (χ0n) is 28.4. The van der Waals surface area contributed by atoms with Crippen LogP contribution in [0.3, 0.4) is 0 Å². The van der Waals surface area contributed by atoms with Crippen molar-refractivity contribution in [2.24, 2.45) is 34.0 Å². The minimum absolute atomic E-state index is 0.0545. The van der Waals surface area contributed by atoms with Gasteiger partial charge in [0.25, 0.3) is 0 Å². The van der Waals surface area contributed by atoms with E-state index < -0.39 is 117 Å². The van der Waals surface area contributed by atoms with Crippen LogP contribution in [-0.2, 0) is 52.3 Å². The molecule has 0 radical (unpaired) electrons. The lowest BCUT2D eigenvalue weighted by Gasteiger charge is -2.69. The van der Waals surface area contributed by atoms with Gasteiger partial charge < -0.3 is 48.5 Å². The summed E-state index contributed by atoms with van der Waals surface area (Å²) >= 11 is 0. The summed E-state index contributed by atoms with van der Waals surface area (Å²) in [4.78, 5) is 54.0. The van der Waals surface area contributed by atoms with Crippen LogP contribution in [0.25, 0.3) is 0 Å². The molecule has 7 fully saturated rings. The average Bonchev–Trinajstić information content (AvgIpc) is 3.32. The second kappa shape index (κ2) is 10.1. The van der Waals surface area contributed by atoms with E-state index in [4.69, 9.17) is 33.2 Å². The Labute approximate surface area is 283 Å². The van der Waals surface area contributed by atoms with E-state index in [0.29, 0.717) is 12.0 Å². The van der Waals surface area contributed by atoms with Crippen LogP contribution in [0.4, 0.5) is 0 Å². The molecular formula is C35H44O14. The molecule has 0 aromatic rings. The normalized spacial score (nSPS) is 54.6. The first-order valence-corrected chi connectivity index (χ1v) is 17.1. The lowest BCUT2D eigenvalue weighted by Crippen LogP contribution is -2.80. The van der Waals surface area contributed by atoms with Crippen LogP contribution >= 0.6 is 0 Å². The second-order valence-electron chi connectivity index (χ2n) is 15.7. The minimum Gasteiger partial charge on any atom is -0.469 e. The fourth-order valence-electron chi connectivity index (χ4n) is 12.3. The molecular weight excluding hydrogens is 644 g/mol. The number of esters is 3. The van der Waals surface area contributed by atoms with Crippen LogP contribution in [0.15, 0.2) is 24.0 Å². The smallest absolute Gasteiger partial charge is 0.333 e. The molecule has 14 nitrogen and oxygen atoms in total. The van der Waals surface area contributed by atoms with E-state index in [9.17, 15) is 34.5 Å². The van der Waals surface area contributed by atoms with E-state index in [-0.39, 0.29) is 25.9 Å². The fraction of sp³-hybridized carbons (Fsp3) is 0.771. The van der Waals surface area contributed by atoms with Crippen molar-refractivity contribution >= 4 is 23.7 Å². The number of allylic oxidation sites excluding steroid dienone is 1. The molecule has 4 aliphatic heterocycles. The van der Waals surface area contributed by atoms with Crippen molar-refractivity contribution < 1.29 is 67.7 Å². The third kappa shape index (κ3) is 3.53. The number of ether oxygens (including phenoxy) is 7. The predicted molar refractivity (Wildman–Crippen MR) is 162 cm³/mol. The van der Waals surface area contributed by atoms with Crippen molar-refractivity contribution in [1.82, 2.24) is 0 Å². The Hall–Kier alpha value is -2.88. The molecule has 1 spiro atoms. The number of carbonyl (C=O) groups excluding carboxylic acids is 4. The number of aliphatic hydroxyl groups is 3. The monoisotopic (exact) mass is 688 g/mol. The van der Waals surface area contributed by atoms with Gasteiger partial charge in [0.05, 0.1) is 38.3 Å². The van der Waals surface area contributed by atoms with Crippen molar-refractivity contribution in [3.05, 3.63) is 24.0 Å². The van der Waals surface area contributed by atoms with Crippen LogP contribution in [0.2, 0.25) is 0 Å². The van der Waals surface area contributed by atoms with Gasteiger partial charge in [-0.05, 0) is 39.7 Å². The zero-order chi connectivity index (χ0) is 35.3. The van der Waals surface area contributed by atoms with Crippen molar-refractivity contribution in [3.8, 4) is 0 Å². The lowest BCUT2D eigenvalue weighted by atomic mass is 9.35. The molecule has 16 atom stereocenters. The van der Waals surface area contributed by atoms with E-state index in [1.807, 2.05) is 6.92 Å². The number of epoxide rings is 1. The largest absolute Gasteiger partial charge is 0.469 e. The Kier molecular flexibility index (Phi) is 6.88. The highest BCUT2D eigenvalue weighted by Crippen LogP contribution is 2.82. The van der Waals surface area contributed by atoms with Gasteiger partial charge in [-0.2, -0.15) is 0 Å². The Balaban J connectivity index is 1.37. The van der Waals surface area contributed by atoms with E-state index in [1.165, 1.54) is 26.4 Å². The summed E-state index contributed by atoms with van der Waals surface area (Å²) in [5.41, 5.74) is -8.38. The predicted octanol–water partition coefficient (Wildman–Crippen LogP) is 0.629. The molecule has 268 valence electrons. The highest BCUT2D eigenvalue weighted by atomic mass is 16.7. The molecule has 4 aliphatic carbocycles. The van der Waals surface area contributed by atoms with Crippen molar-refractivity contribution in [2.75, 3.05) is 13.7 Å². The number of methoxy groups -OCH3 is 1. The molecule has 8 aliphatic rings. The third-order valence-corrected chi connectivity index (χ3v) is 14.3. The maximum Gasteiger partial charge on any atom is 0.333 e. The van der Waals surface area contributed by atoms with Gasteiger partial charge in [-0.3, -0.25) is 14.4 Å². The number of carbonyl (C=O) groups is 4. The molecule has 8 rings (SSSR count). The molecule has 3 N–H and O–H groups in total. The van der Waals surface area contributed by atoms with Crippen molar-refractivity contribution in [2.45, 2.75) is 120 Å². The number of hydrogen-bond acceptors (Lipinski definition) is 14. The zero-order valence-corrected chi connectivity index (χ0v) is 28.4. The number of ketones is 1. The molecule has 0 amide bonds. The van der Waals surface area contributed by atoms with E-state index in [2.05, 4.69) is 0 Å². The maximum absolute atomic E-state index is 14.1. The quantitative estimate of drug-likeness (QED) is 0.157. The van der Waals surface area contributed by atoms with Crippen LogP contribution < -0.4 is 0 Å². The Morgan fingerprint density at radius 3 is 2.47 bits per heavy atom. The highest BCUT2D eigenvalue weighted by molar-refractivity contribution is 5.88. The van der Waals surface area contributed by atoms with Crippen LogP contribution in [0, 0.1) is 34.0 Å². The molecule has 14 heteroatoms. The summed E-state index contributed by atoms with van der Waals surface area (Å²) in [5, 5.41) is 36.9. The molecule has 0 aromatic carbocycles. The first kappa shape index (κ1) is 33.3. The van der Waals surface area contributed by atoms with Crippen molar-refractivity contribution in [3.63, 3.8) is 0 Å². The first-order chi connectivity index (χ1) is 23.1. The molecule has 4 saturated carbocycles. The SMILES string of the molecule is C/C=C(\C)C(=O)O[C@H]1C[C@@H](OC(C)=O)[C@@]2(C(=O)OC)CO[C@@H]3C2C12CCC(=O)C(O)C2[C@](C)(C12OC1(C)C1C[C@H]2O[C@@H]2OC=CC12O)[C@@H]3O. The van der Waals surface area contributed by atoms with Crippen LogP contribution in [0.1, 0.15) is 60.3 Å². The molecule has 4 heterocycles. The summed E-state index contributed by atoms with van der Waals surface area (Å²) in [5.74, 6) is -5.34. The summed E-state index contributed by atoms with van der Waals surface area (Å²) in [7, 11) is 1.21.